The summed E-state index contributed by atoms with van der Waals surface area (Å²) in [7, 11) is 1.33. The van der Waals surface area contributed by atoms with Crippen molar-refractivity contribution in [3.05, 3.63) is 58.1 Å². The van der Waals surface area contributed by atoms with Crippen molar-refractivity contribution < 1.29 is 14.3 Å². The molecule has 0 saturated heterocycles. The number of amides is 1. The number of hydrogen-bond acceptors (Lipinski definition) is 3. The molecule has 0 heterocycles. The number of methoxy groups -OCH3 is 1. The van der Waals surface area contributed by atoms with E-state index in [-0.39, 0.29) is 18.2 Å². The number of ether oxygens (including phenoxy) is 1. The fourth-order valence-corrected chi connectivity index (χ4v) is 3.28. The Morgan fingerprint density at radius 2 is 1.71 bits per heavy atom. The number of benzene rings is 2. The molecule has 0 aliphatic heterocycles. The van der Waals surface area contributed by atoms with Crippen LogP contribution in [-0.2, 0) is 20.7 Å². The van der Waals surface area contributed by atoms with E-state index in [0.717, 1.165) is 27.8 Å². The zero-order chi connectivity index (χ0) is 21.1. The molecule has 0 fully saturated rings. The highest BCUT2D eigenvalue weighted by Gasteiger charge is 2.39. The summed E-state index contributed by atoms with van der Waals surface area (Å²) in [6.07, 6.45) is 0.201. The van der Waals surface area contributed by atoms with Crippen LogP contribution in [0.25, 0.3) is 11.1 Å². The molecule has 0 saturated carbocycles. The van der Waals surface area contributed by atoms with Crippen LogP contribution < -0.4 is 5.32 Å². The van der Waals surface area contributed by atoms with Crippen LogP contribution in [-0.4, -0.2) is 24.5 Å². The van der Waals surface area contributed by atoms with Gasteiger partial charge >= 0.3 is 5.97 Å². The zero-order valence-corrected chi connectivity index (χ0v) is 18.1. The van der Waals surface area contributed by atoms with Gasteiger partial charge in [0, 0.05) is 5.02 Å². The molecule has 0 radical (unpaired) electrons. The molecule has 1 unspecified atom stereocenters. The Morgan fingerprint density at radius 1 is 1.11 bits per heavy atom. The number of aryl methyl sites for hydroxylation is 2. The lowest BCUT2D eigenvalue weighted by Gasteiger charge is -2.31. The number of carbonyl (C=O) groups excluding carboxylic acids is 2. The Hall–Kier alpha value is -2.33. The summed E-state index contributed by atoms with van der Waals surface area (Å²) in [5, 5.41) is 3.56. The Kier molecular flexibility index (Phi) is 6.89. The second kappa shape index (κ2) is 8.78. The third kappa shape index (κ3) is 4.74. The Bertz CT molecular complexity index is 874. The topological polar surface area (TPSA) is 55.4 Å². The first-order valence-electron chi connectivity index (χ1n) is 9.34. The fraction of sp³-hybridized carbons (Fsp3) is 0.391. The van der Waals surface area contributed by atoms with Gasteiger partial charge in [-0.3, -0.25) is 4.79 Å². The van der Waals surface area contributed by atoms with Crippen LogP contribution in [0.2, 0.25) is 5.02 Å². The highest BCUT2D eigenvalue weighted by Crippen LogP contribution is 2.28. The zero-order valence-electron chi connectivity index (χ0n) is 17.4. The molecule has 0 spiro atoms. The minimum Gasteiger partial charge on any atom is -0.467 e. The molecule has 1 amide bonds. The van der Waals surface area contributed by atoms with Gasteiger partial charge < -0.3 is 10.1 Å². The van der Waals surface area contributed by atoms with Gasteiger partial charge in [0.2, 0.25) is 5.91 Å². The smallest absolute Gasteiger partial charge is 0.331 e. The van der Waals surface area contributed by atoms with Crippen molar-refractivity contribution >= 4 is 23.5 Å². The standard InChI is InChI=1S/C23H28ClNO3/c1-14(2)23(5,22(27)28-6)25-21(26)13-18-11-16(4)20(12-15(18)3)17-7-9-19(24)10-8-17/h7-12,14H,13H2,1-6H3,(H,25,26). The highest BCUT2D eigenvalue weighted by molar-refractivity contribution is 6.30. The molecule has 1 atom stereocenters. The Labute approximate surface area is 172 Å². The van der Waals surface area contributed by atoms with E-state index in [1.54, 1.807) is 6.92 Å². The fourth-order valence-electron chi connectivity index (χ4n) is 3.16. The Morgan fingerprint density at radius 3 is 2.25 bits per heavy atom. The largest absolute Gasteiger partial charge is 0.467 e. The van der Waals surface area contributed by atoms with Gasteiger partial charge in [-0.25, -0.2) is 4.79 Å². The number of rotatable bonds is 6. The first-order valence-corrected chi connectivity index (χ1v) is 9.71. The van der Waals surface area contributed by atoms with E-state index in [1.807, 2.05) is 58.0 Å². The lowest BCUT2D eigenvalue weighted by atomic mass is 9.87. The van der Waals surface area contributed by atoms with E-state index in [1.165, 1.54) is 7.11 Å². The molecule has 2 aromatic rings. The van der Waals surface area contributed by atoms with E-state index in [0.29, 0.717) is 5.02 Å². The summed E-state index contributed by atoms with van der Waals surface area (Å²) in [5.41, 5.74) is 4.17. The molecular formula is C23H28ClNO3. The quantitative estimate of drug-likeness (QED) is 0.702. The van der Waals surface area contributed by atoms with E-state index in [2.05, 4.69) is 11.4 Å². The second-order valence-corrected chi connectivity index (χ2v) is 8.11. The number of carbonyl (C=O) groups is 2. The predicted octanol–water partition coefficient (Wildman–Crippen LogP) is 4.87. The SMILES string of the molecule is COC(=O)C(C)(NC(=O)Cc1cc(C)c(-c2ccc(Cl)cc2)cc1C)C(C)C. The highest BCUT2D eigenvalue weighted by atomic mass is 35.5. The van der Waals surface area contributed by atoms with Crippen molar-refractivity contribution in [1.82, 2.24) is 5.32 Å². The number of esters is 1. The average Bonchev–Trinajstić information content (AvgIpc) is 2.64. The lowest BCUT2D eigenvalue weighted by Crippen LogP contribution is -2.56. The molecular weight excluding hydrogens is 374 g/mol. The normalized spacial score (nSPS) is 13.1. The summed E-state index contributed by atoms with van der Waals surface area (Å²) >= 11 is 5.98. The minimum atomic E-state index is -1.06. The Balaban J connectivity index is 2.24. The van der Waals surface area contributed by atoms with Crippen molar-refractivity contribution in [1.29, 1.82) is 0 Å². The van der Waals surface area contributed by atoms with E-state index < -0.39 is 11.5 Å². The van der Waals surface area contributed by atoms with Gasteiger partial charge in [-0.2, -0.15) is 0 Å². The molecule has 150 valence electrons. The third-order valence-electron chi connectivity index (χ3n) is 5.35. The van der Waals surface area contributed by atoms with E-state index in [4.69, 9.17) is 16.3 Å². The van der Waals surface area contributed by atoms with Crippen molar-refractivity contribution in [2.45, 2.75) is 46.6 Å². The monoisotopic (exact) mass is 401 g/mol. The summed E-state index contributed by atoms with van der Waals surface area (Å²) in [4.78, 5) is 24.8. The summed E-state index contributed by atoms with van der Waals surface area (Å²) in [5.74, 6) is -0.746. The summed E-state index contributed by atoms with van der Waals surface area (Å²) in [6.45, 7) is 9.48. The van der Waals surface area contributed by atoms with Gasteiger partial charge in [-0.15, -0.1) is 0 Å². The maximum absolute atomic E-state index is 12.7. The van der Waals surface area contributed by atoms with Gasteiger partial charge in [0.25, 0.3) is 0 Å². The van der Waals surface area contributed by atoms with Gasteiger partial charge in [0.1, 0.15) is 5.54 Å². The lowest BCUT2D eigenvalue weighted by molar-refractivity contribution is -0.152. The van der Waals surface area contributed by atoms with Gasteiger partial charge in [0.15, 0.2) is 0 Å². The molecule has 0 aromatic heterocycles. The summed E-state index contributed by atoms with van der Waals surface area (Å²) < 4.78 is 4.88. The molecule has 5 heteroatoms. The first-order chi connectivity index (χ1) is 13.1. The van der Waals surface area contributed by atoms with Crippen molar-refractivity contribution in [2.24, 2.45) is 5.92 Å². The van der Waals surface area contributed by atoms with Crippen LogP contribution in [0.1, 0.15) is 37.5 Å². The number of nitrogens with one attached hydrogen (secondary N) is 1. The first kappa shape index (κ1) is 22.0. The average molecular weight is 402 g/mol. The van der Waals surface area contributed by atoms with E-state index in [9.17, 15) is 9.59 Å². The second-order valence-electron chi connectivity index (χ2n) is 7.67. The molecule has 2 rings (SSSR count). The van der Waals surface area contributed by atoms with Crippen LogP contribution in [0.15, 0.2) is 36.4 Å². The van der Waals surface area contributed by atoms with Crippen LogP contribution in [0.3, 0.4) is 0 Å². The molecule has 0 aliphatic carbocycles. The minimum absolute atomic E-state index is 0.0981. The van der Waals surface area contributed by atoms with Gasteiger partial charge in [-0.1, -0.05) is 49.7 Å². The molecule has 4 nitrogen and oxygen atoms in total. The van der Waals surface area contributed by atoms with Crippen LogP contribution in [0, 0.1) is 19.8 Å². The maximum atomic E-state index is 12.7. The van der Waals surface area contributed by atoms with Crippen molar-refractivity contribution in [3.63, 3.8) is 0 Å². The number of halogens is 1. The third-order valence-corrected chi connectivity index (χ3v) is 5.60. The van der Waals surface area contributed by atoms with Crippen LogP contribution >= 0.6 is 11.6 Å². The molecule has 0 aliphatic rings. The number of hydrogen-bond donors (Lipinski definition) is 1. The molecule has 0 bridgehead atoms. The van der Waals surface area contributed by atoms with Crippen molar-refractivity contribution in [3.8, 4) is 11.1 Å². The van der Waals surface area contributed by atoms with Gasteiger partial charge in [-0.05, 0) is 66.6 Å². The molecule has 1 N–H and O–H groups in total. The van der Waals surface area contributed by atoms with Crippen LogP contribution in [0.5, 0.6) is 0 Å². The van der Waals surface area contributed by atoms with Crippen LogP contribution in [0.4, 0.5) is 0 Å². The van der Waals surface area contributed by atoms with E-state index >= 15 is 0 Å². The predicted molar refractivity (Wildman–Crippen MR) is 113 cm³/mol. The molecule has 28 heavy (non-hydrogen) atoms. The maximum Gasteiger partial charge on any atom is 0.331 e. The van der Waals surface area contributed by atoms with Crippen molar-refractivity contribution in [2.75, 3.05) is 7.11 Å². The summed E-state index contributed by atoms with van der Waals surface area (Å²) in [6, 6.07) is 11.8. The molecule has 2 aromatic carbocycles. The van der Waals surface area contributed by atoms with Gasteiger partial charge in [0.05, 0.1) is 13.5 Å².